The average Bonchev–Trinajstić information content (AvgIpc) is 2.19. The van der Waals surface area contributed by atoms with Crippen LogP contribution in [-0.2, 0) is 4.74 Å². The molecule has 1 saturated heterocycles. The highest BCUT2D eigenvalue weighted by Gasteiger charge is 2.12. The standard InChI is InChI=1S/C11H22OS/c1-13-10-6-2-3-7-11-8-4-5-9-12-11/h11H,2-10H2,1H3. The molecule has 0 spiro atoms. The zero-order chi connectivity index (χ0) is 9.36. The van der Waals surface area contributed by atoms with Gasteiger partial charge in [-0.1, -0.05) is 12.8 Å². The van der Waals surface area contributed by atoms with E-state index < -0.39 is 0 Å². The van der Waals surface area contributed by atoms with Gasteiger partial charge in [0.25, 0.3) is 0 Å². The van der Waals surface area contributed by atoms with Gasteiger partial charge < -0.3 is 4.74 Å². The molecule has 0 radical (unpaired) electrons. The molecule has 0 bridgehead atoms. The fourth-order valence-electron chi connectivity index (χ4n) is 1.83. The molecule has 1 unspecified atom stereocenters. The molecule has 1 rings (SSSR count). The maximum absolute atomic E-state index is 5.68. The molecule has 1 nitrogen and oxygen atoms in total. The third kappa shape index (κ3) is 5.58. The van der Waals surface area contributed by atoms with Crippen LogP contribution in [0.3, 0.4) is 0 Å². The highest BCUT2D eigenvalue weighted by molar-refractivity contribution is 7.98. The molecule has 1 aliphatic rings. The van der Waals surface area contributed by atoms with E-state index >= 15 is 0 Å². The second kappa shape index (κ2) is 7.69. The molecule has 0 amide bonds. The maximum atomic E-state index is 5.68. The monoisotopic (exact) mass is 202 g/mol. The summed E-state index contributed by atoms with van der Waals surface area (Å²) in [6.07, 6.45) is 12.2. The van der Waals surface area contributed by atoms with E-state index in [1.54, 1.807) is 0 Å². The Morgan fingerprint density at radius 1 is 1.23 bits per heavy atom. The van der Waals surface area contributed by atoms with Crippen LogP contribution >= 0.6 is 11.8 Å². The van der Waals surface area contributed by atoms with Gasteiger partial charge in [0.1, 0.15) is 0 Å². The first kappa shape index (κ1) is 11.4. The van der Waals surface area contributed by atoms with Crippen LogP contribution in [0, 0.1) is 0 Å². The number of ether oxygens (including phenoxy) is 1. The predicted molar refractivity (Wildman–Crippen MR) is 60.4 cm³/mol. The molecule has 0 saturated carbocycles. The van der Waals surface area contributed by atoms with Crippen LogP contribution in [0.25, 0.3) is 0 Å². The number of hydrogen-bond acceptors (Lipinski definition) is 2. The van der Waals surface area contributed by atoms with Gasteiger partial charge >= 0.3 is 0 Å². The van der Waals surface area contributed by atoms with Crippen molar-refractivity contribution in [3.63, 3.8) is 0 Å². The second-order valence-electron chi connectivity index (χ2n) is 3.83. The Morgan fingerprint density at radius 3 is 2.85 bits per heavy atom. The number of thioether (sulfide) groups is 1. The Kier molecular flexibility index (Phi) is 6.73. The number of rotatable bonds is 6. The summed E-state index contributed by atoms with van der Waals surface area (Å²) >= 11 is 1.96. The molecule has 78 valence electrons. The molecule has 0 aliphatic carbocycles. The molecule has 1 heterocycles. The minimum Gasteiger partial charge on any atom is -0.378 e. The summed E-state index contributed by atoms with van der Waals surface area (Å²) in [5.41, 5.74) is 0. The first-order chi connectivity index (χ1) is 6.43. The van der Waals surface area contributed by atoms with Gasteiger partial charge in [0.05, 0.1) is 6.10 Å². The molecule has 0 N–H and O–H groups in total. The minimum atomic E-state index is 0.600. The van der Waals surface area contributed by atoms with Gasteiger partial charge in [-0.25, -0.2) is 0 Å². The molecule has 1 fully saturated rings. The molecule has 2 heteroatoms. The molecule has 0 aromatic heterocycles. The summed E-state index contributed by atoms with van der Waals surface area (Å²) < 4.78 is 5.68. The topological polar surface area (TPSA) is 9.23 Å². The normalized spacial score (nSPS) is 23.3. The minimum absolute atomic E-state index is 0.600. The van der Waals surface area contributed by atoms with E-state index in [9.17, 15) is 0 Å². The number of hydrogen-bond donors (Lipinski definition) is 0. The summed E-state index contributed by atoms with van der Waals surface area (Å²) in [5.74, 6) is 1.32. The van der Waals surface area contributed by atoms with Crippen molar-refractivity contribution in [1.82, 2.24) is 0 Å². The van der Waals surface area contributed by atoms with E-state index in [4.69, 9.17) is 4.74 Å². The SMILES string of the molecule is CSCCCCCC1CCCCO1. The lowest BCUT2D eigenvalue weighted by molar-refractivity contribution is 0.00985. The van der Waals surface area contributed by atoms with E-state index in [1.807, 2.05) is 11.8 Å². The van der Waals surface area contributed by atoms with Crippen molar-refractivity contribution in [2.75, 3.05) is 18.6 Å². The van der Waals surface area contributed by atoms with E-state index in [0.717, 1.165) is 6.61 Å². The van der Waals surface area contributed by atoms with Crippen molar-refractivity contribution in [3.05, 3.63) is 0 Å². The quantitative estimate of drug-likeness (QED) is 0.610. The van der Waals surface area contributed by atoms with Gasteiger partial charge in [-0.2, -0.15) is 11.8 Å². The van der Waals surface area contributed by atoms with Crippen LogP contribution in [0.4, 0.5) is 0 Å². The Bertz CT molecular complexity index is 111. The summed E-state index contributed by atoms with van der Waals surface area (Å²) in [7, 11) is 0. The van der Waals surface area contributed by atoms with E-state index in [0.29, 0.717) is 6.10 Å². The van der Waals surface area contributed by atoms with Crippen LogP contribution in [0.2, 0.25) is 0 Å². The fourth-order valence-corrected chi connectivity index (χ4v) is 2.32. The first-order valence-corrected chi connectivity index (χ1v) is 6.93. The highest BCUT2D eigenvalue weighted by Crippen LogP contribution is 2.18. The van der Waals surface area contributed by atoms with Crippen molar-refractivity contribution >= 4 is 11.8 Å². The molecular formula is C11H22OS. The third-order valence-corrected chi connectivity index (χ3v) is 3.35. The summed E-state index contributed by atoms with van der Waals surface area (Å²) in [5, 5.41) is 0. The highest BCUT2D eigenvalue weighted by atomic mass is 32.2. The van der Waals surface area contributed by atoms with Gasteiger partial charge in [-0.3, -0.25) is 0 Å². The Morgan fingerprint density at radius 2 is 2.15 bits per heavy atom. The zero-order valence-corrected chi connectivity index (χ0v) is 9.57. The Labute approximate surface area is 86.6 Å². The van der Waals surface area contributed by atoms with Gasteiger partial charge in [0, 0.05) is 6.61 Å². The zero-order valence-electron chi connectivity index (χ0n) is 8.76. The van der Waals surface area contributed by atoms with Gasteiger partial charge in [-0.15, -0.1) is 0 Å². The summed E-state index contributed by atoms with van der Waals surface area (Å²) in [4.78, 5) is 0. The van der Waals surface area contributed by atoms with Crippen LogP contribution in [0.5, 0.6) is 0 Å². The van der Waals surface area contributed by atoms with Gasteiger partial charge in [0.2, 0.25) is 0 Å². The largest absolute Gasteiger partial charge is 0.378 e. The molecule has 0 aromatic rings. The molecular weight excluding hydrogens is 180 g/mol. The van der Waals surface area contributed by atoms with Crippen LogP contribution in [0.15, 0.2) is 0 Å². The Balaban J connectivity index is 1.86. The van der Waals surface area contributed by atoms with Crippen LogP contribution < -0.4 is 0 Å². The van der Waals surface area contributed by atoms with Crippen LogP contribution in [0.1, 0.15) is 44.9 Å². The van der Waals surface area contributed by atoms with E-state index in [-0.39, 0.29) is 0 Å². The van der Waals surface area contributed by atoms with E-state index in [1.165, 1.54) is 50.7 Å². The van der Waals surface area contributed by atoms with Crippen LogP contribution in [-0.4, -0.2) is 24.7 Å². The van der Waals surface area contributed by atoms with Crippen molar-refractivity contribution < 1.29 is 4.74 Å². The third-order valence-electron chi connectivity index (χ3n) is 2.65. The summed E-state index contributed by atoms with van der Waals surface area (Å²) in [6, 6.07) is 0. The second-order valence-corrected chi connectivity index (χ2v) is 4.82. The maximum Gasteiger partial charge on any atom is 0.0575 e. The lowest BCUT2D eigenvalue weighted by Crippen LogP contribution is -2.18. The molecule has 1 aliphatic heterocycles. The molecule has 13 heavy (non-hydrogen) atoms. The van der Waals surface area contributed by atoms with Crippen molar-refractivity contribution in [2.45, 2.75) is 51.0 Å². The van der Waals surface area contributed by atoms with Crippen molar-refractivity contribution in [1.29, 1.82) is 0 Å². The lowest BCUT2D eigenvalue weighted by atomic mass is 10.0. The Hall–Kier alpha value is 0.310. The predicted octanol–water partition coefficient (Wildman–Crippen LogP) is 3.48. The molecule has 0 aromatic carbocycles. The summed E-state index contributed by atoms with van der Waals surface area (Å²) in [6.45, 7) is 1.01. The average molecular weight is 202 g/mol. The smallest absolute Gasteiger partial charge is 0.0575 e. The van der Waals surface area contributed by atoms with Gasteiger partial charge in [0.15, 0.2) is 0 Å². The lowest BCUT2D eigenvalue weighted by Gasteiger charge is -2.22. The van der Waals surface area contributed by atoms with Crippen molar-refractivity contribution in [2.24, 2.45) is 0 Å². The van der Waals surface area contributed by atoms with Gasteiger partial charge in [-0.05, 0) is 44.1 Å². The van der Waals surface area contributed by atoms with E-state index in [2.05, 4.69) is 6.26 Å². The fraction of sp³-hybridized carbons (Fsp3) is 1.00. The van der Waals surface area contributed by atoms with Crippen molar-refractivity contribution in [3.8, 4) is 0 Å². The molecule has 1 atom stereocenters. The first-order valence-electron chi connectivity index (χ1n) is 5.54. The number of unbranched alkanes of at least 4 members (excludes halogenated alkanes) is 2.